The van der Waals surface area contributed by atoms with Crippen LogP contribution in [0.2, 0.25) is 0 Å². The first-order valence-corrected chi connectivity index (χ1v) is 4.90. The fourth-order valence-corrected chi connectivity index (χ4v) is 2.22. The van der Waals surface area contributed by atoms with Gasteiger partial charge in [-0.3, -0.25) is 4.79 Å². The molecule has 1 atom stereocenters. The molecule has 3 nitrogen and oxygen atoms in total. The Hall–Kier alpha value is -0.830. The van der Waals surface area contributed by atoms with Crippen molar-refractivity contribution in [1.82, 2.24) is 10.2 Å². The molecule has 1 N–H and O–H groups in total. The van der Waals surface area contributed by atoms with Crippen LogP contribution in [0.1, 0.15) is 19.3 Å². The lowest BCUT2D eigenvalue weighted by Gasteiger charge is -2.29. The molecule has 0 bridgehead atoms. The number of nitrogens with zero attached hydrogens (tertiary/aromatic N) is 1. The van der Waals surface area contributed by atoms with Crippen LogP contribution in [0.3, 0.4) is 0 Å². The van der Waals surface area contributed by atoms with E-state index >= 15 is 0 Å². The minimum atomic E-state index is -0.262. The molecule has 0 aromatic heterocycles. The van der Waals surface area contributed by atoms with Crippen LogP contribution in [-0.4, -0.2) is 36.5 Å². The first-order valence-electron chi connectivity index (χ1n) is 4.90. The first-order chi connectivity index (χ1) is 6.25. The first kappa shape index (κ1) is 8.75. The Kier molecular flexibility index (Phi) is 2.12. The normalized spacial score (nSPS) is 34.2. The van der Waals surface area contributed by atoms with Gasteiger partial charge in [0.15, 0.2) is 0 Å². The second kappa shape index (κ2) is 3.14. The molecule has 0 aliphatic carbocycles. The second-order valence-electron chi connectivity index (χ2n) is 3.97. The van der Waals surface area contributed by atoms with Gasteiger partial charge in [0.05, 0.1) is 0 Å². The molecule has 1 fully saturated rings. The van der Waals surface area contributed by atoms with Crippen LogP contribution in [0.15, 0.2) is 12.2 Å². The van der Waals surface area contributed by atoms with Gasteiger partial charge in [0.25, 0.3) is 0 Å². The molecule has 13 heavy (non-hydrogen) atoms. The summed E-state index contributed by atoms with van der Waals surface area (Å²) in [6.07, 6.45) is 7.16. The zero-order chi connectivity index (χ0) is 9.31. The van der Waals surface area contributed by atoms with Gasteiger partial charge < -0.3 is 10.2 Å². The van der Waals surface area contributed by atoms with Crippen molar-refractivity contribution in [2.24, 2.45) is 0 Å². The third-order valence-corrected chi connectivity index (χ3v) is 3.01. The van der Waals surface area contributed by atoms with E-state index in [4.69, 9.17) is 0 Å². The lowest BCUT2D eigenvalue weighted by Crippen LogP contribution is -2.52. The predicted octanol–water partition coefficient (Wildman–Crippen LogP) is 0.527. The molecule has 2 heterocycles. The summed E-state index contributed by atoms with van der Waals surface area (Å²) in [5, 5.41) is 3.35. The second-order valence-corrected chi connectivity index (χ2v) is 3.97. The van der Waals surface area contributed by atoms with Crippen LogP contribution in [0.25, 0.3) is 0 Å². The van der Waals surface area contributed by atoms with Crippen molar-refractivity contribution in [2.75, 3.05) is 20.1 Å². The largest absolute Gasteiger partial charge is 0.340 e. The molecule has 2 aliphatic heterocycles. The monoisotopic (exact) mass is 180 g/mol. The van der Waals surface area contributed by atoms with Crippen LogP contribution in [0, 0.1) is 0 Å². The number of carbonyl (C=O) groups excluding carboxylic acids is 1. The molecule has 0 aromatic rings. The Morgan fingerprint density at radius 2 is 2.38 bits per heavy atom. The molecule has 2 rings (SSSR count). The van der Waals surface area contributed by atoms with E-state index in [0.717, 1.165) is 32.4 Å². The third-order valence-electron chi connectivity index (χ3n) is 3.01. The quantitative estimate of drug-likeness (QED) is 0.551. The molecule has 72 valence electrons. The zero-order valence-electron chi connectivity index (χ0n) is 8.05. The number of amides is 1. The molecule has 0 aromatic carbocycles. The smallest absolute Gasteiger partial charge is 0.243 e. The summed E-state index contributed by atoms with van der Waals surface area (Å²) in [5.41, 5.74) is -0.262. The molecular weight excluding hydrogens is 164 g/mol. The molecule has 0 saturated carbocycles. The molecule has 0 radical (unpaired) electrons. The highest BCUT2D eigenvalue weighted by Crippen LogP contribution is 2.27. The summed E-state index contributed by atoms with van der Waals surface area (Å²) in [7, 11) is 1.87. The van der Waals surface area contributed by atoms with Crippen LogP contribution >= 0.6 is 0 Å². The van der Waals surface area contributed by atoms with E-state index in [9.17, 15) is 4.79 Å². The minimum Gasteiger partial charge on any atom is -0.340 e. The van der Waals surface area contributed by atoms with Crippen LogP contribution in [0.5, 0.6) is 0 Å². The Morgan fingerprint density at radius 3 is 3.08 bits per heavy atom. The van der Waals surface area contributed by atoms with Crippen LogP contribution in [-0.2, 0) is 4.79 Å². The summed E-state index contributed by atoms with van der Waals surface area (Å²) >= 11 is 0. The van der Waals surface area contributed by atoms with Crippen molar-refractivity contribution in [3.63, 3.8) is 0 Å². The van der Waals surface area contributed by atoms with E-state index in [1.807, 2.05) is 11.9 Å². The van der Waals surface area contributed by atoms with E-state index in [1.165, 1.54) is 0 Å². The maximum Gasteiger partial charge on any atom is 0.243 e. The van der Waals surface area contributed by atoms with Crippen LogP contribution < -0.4 is 5.32 Å². The van der Waals surface area contributed by atoms with Gasteiger partial charge in [0.2, 0.25) is 5.91 Å². The molecule has 3 heteroatoms. The zero-order valence-corrected chi connectivity index (χ0v) is 8.05. The van der Waals surface area contributed by atoms with Gasteiger partial charge in [-0.25, -0.2) is 0 Å². The van der Waals surface area contributed by atoms with Crippen LogP contribution in [0.4, 0.5) is 0 Å². The Balaban J connectivity index is 2.24. The SMILES string of the molecule is CN1CC=CCC2(CCCN2)C1=O. The van der Waals surface area contributed by atoms with Gasteiger partial charge in [-0.2, -0.15) is 0 Å². The Morgan fingerprint density at radius 1 is 1.54 bits per heavy atom. The van der Waals surface area contributed by atoms with E-state index < -0.39 is 0 Å². The molecule has 1 unspecified atom stereocenters. The highest BCUT2D eigenvalue weighted by molar-refractivity contribution is 5.87. The van der Waals surface area contributed by atoms with Crippen molar-refractivity contribution >= 4 is 5.91 Å². The summed E-state index contributed by atoms with van der Waals surface area (Å²) in [5.74, 6) is 0.259. The van der Waals surface area contributed by atoms with Gasteiger partial charge in [-0.1, -0.05) is 12.2 Å². The molecular formula is C10H16N2O. The summed E-state index contributed by atoms with van der Waals surface area (Å²) in [6, 6.07) is 0. The van der Waals surface area contributed by atoms with Crippen molar-refractivity contribution in [1.29, 1.82) is 0 Å². The van der Waals surface area contributed by atoms with Gasteiger partial charge in [-0.15, -0.1) is 0 Å². The van der Waals surface area contributed by atoms with E-state index in [0.29, 0.717) is 0 Å². The summed E-state index contributed by atoms with van der Waals surface area (Å²) in [6.45, 7) is 1.73. The average Bonchev–Trinajstić information content (AvgIpc) is 2.55. The minimum absolute atomic E-state index is 0.259. The molecule has 2 aliphatic rings. The van der Waals surface area contributed by atoms with Gasteiger partial charge in [0.1, 0.15) is 5.54 Å². The third kappa shape index (κ3) is 1.37. The number of rotatable bonds is 0. The highest BCUT2D eigenvalue weighted by Gasteiger charge is 2.41. The van der Waals surface area contributed by atoms with Gasteiger partial charge in [-0.05, 0) is 25.8 Å². The molecule has 1 amide bonds. The topological polar surface area (TPSA) is 32.3 Å². The summed E-state index contributed by atoms with van der Waals surface area (Å²) in [4.78, 5) is 13.8. The number of hydrogen-bond acceptors (Lipinski definition) is 2. The maximum absolute atomic E-state index is 12.0. The standard InChI is InChI=1S/C10H16N2O/c1-12-8-3-2-5-10(9(12)13)6-4-7-11-10/h2-3,11H,4-8H2,1H3. The average molecular weight is 180 g/mol. The molecule has 1 saturated heterocycles. The number of nitrogens with one attached hydrogen (secondary N) is 1. The van der Waals surface area contributed by atoms with Crippen molar-refractivity contribution < 1.29 is 4.79 Å². The highest BCUT2D eigenvalue weighted by atomic mass is 16.2. The van der Waals surface area contributed by atoms with Gasteiger partial charge >= 0.3 is 0 Å². The number of hydrogen-bond donors (Lipinski definition) is 1. The number of carbonyl (C=O) groups is 1. The van der Waals surface area contributed by atoms with Crippen molar-refractivity contribution in [2.45, 2.75) is 24.8 Å². The fourth-order valence-electron chi connectivity index (χ4n) is 2.22. The predicted molar refractivity (Wildman–Crippen MR) is 51.4 cm³/mol. The van der Waals surface area contributed by atoms with Crippen molar-refractivity contribution in [3.05, 3.63) is 12.2 Å². The lowest BCUT2D eigenvalue weighted by atomic mass is 9.92. The fraction of sp³-hybridized carbons (Fsp3) is 0.700. The lowest BCUT2D eigenvalue weighted by molar-refractivity contribution is -0.135. The Bertz CT molecular complexity index is 241. The summed E-state index contributed by atoms with van der Waals surface area (Å²) < 4.78 is 0. The van der Waals surface area contributed by atoms with E-state index in [2.05, 4.69) is 17.5 Å². The maximum atomic E-state index is 12.0. The Labute approximate surface area is 78.8 Å². The van der Waals surface area contributed by atoms with Crippen molar-refractivity contribution in [3.8, 4) is 0 Å². The van der Waals surface area contributed by atoms with E-state index in [1.54, 1.807) is 0 Å². The van der Waals surface area contributed by atoms with Gasteiger partial charge in [0, 0.05) is 13.6 Å². The number of likely N-dealkylation sites (N-methyl/N-ethyl adjacent to an activating group) is 1. The van der Waals surface area contributed by atoms with E-state index in [-0.39, 0.29) is 11.4 Å². The molecule has 1 spiro atoms.